The van der Waals surface area contributed by atoms with Gasteiger partial charge >= 0.3 is 0 Å². The largest absolute Gasteiger partial charge is 0.380 e. The molecule has 0 radical (unpaired) electrons. The molecule has 0 unspecified atom stereocenters. The van der Waals surface area contributed by atoms with Crippen molar-refractivity contribution in [2.45, 2.75) is 26.3 Å². The van der Waals surface area contributed by atoms with Gasteiger partial charge in [-0.25, -0.2) is 0 Å². The van der Waals surface area contributed by atoms with Crippen LogP contribution in [0.2, 0.25) is 5.02 Å². The zero-order valence-electron chi connectivity index (χ0n) is 10.7. The number of nitrogens with zero attached hydrogens (tertiary/aromatic N) is 1. The number of anilines is 1. The summed E-state index contributed by atoms with van der Waals surface area (Å²) >= 11 is 6.03. The third kappa shape index (κ3) is 3.23. The molecule has 94 valence electrons. The van der Waals surface area contributed by atoms with E-state index < -0.39 is 0 Å². The van der Waals surface area contributed by atoms with Crippen LogP contribution in [-0.4, -0.2) is 4.98 Å². The molecule has 2 rings (SSSR count). The highest BCUT2D eigenvalue weighted by atomic mass is 35.5. The molecule has 1 aromatic carbocycles. The lowest BCUT2D eigenvalue weighted by Crippen LogP contribution is -2.00. The molecule has 0 amide bonds. The first-order chi connectivity index (χ1) is 8.66. The van der Waals surface area contributed by atoms with E-state index >= 15 is 0 Å². The number of hydrogen-bond acceptors (Lipinski definition) is 2. The maximum atomic E-state index is 6.03. The first-order valence-electron chi connectivity index (χ1n) is 6.09. The summed E-state index contributed by atoms with van der Waals surface area (Å²) in [5, 5.41) is 3.96. The Labute approximate surface area is 113 Å². The van der Waals surface area contributed by atoms with Crippen molar-refractivity contribution < 1.29 is 0 Å². The highest BCUT2D eigenvalue weighted by Crippen LogP contribution is 2.20. The summed E-state index contributed by atoms with van der Waals surface area (Å²) in [7, 11) is 0. The first kappa shape index (κ1) is 12.9. The maximum Gasteiger partial charge on any atom is 0.0820 e. The smallest absolute Gasteiger partial charge is 0.0820 e. The summed E-state index contributed by atoms with van der Waals surface area (Å²) in [5.74, 6) is 0.571. The Balaban J connectivity index is 2.00. The molecule has 1 aromatic heterocycles. The van der Waals surface area contributed by atoms with Crippen LogP contribution < -0.4 is 5.32 Å². The molecule has 2 aromatic rings. The molecular weight excluding hydrogens is 244 g/mol. The van der Waals surface area contributed by atoms with E-state index in [4.69, 9.17) is 11.6 Å². The van der Waals surface area contributed by atoms with Gasteiger partial charge in [0.2, 0.25) is 0 Å². The fraction of sp³-hybridized carbons (Fsp3) is 0.267. The minimum atomic E-state index is 0.571. The van der Waals surface area contributed by atoms with Gasteiger partial charge in [-0.15, -0.1) is 0 Å². The van der Waals surface area contributed by atoms with Crippen molar-refractivity contribution in [2.75, 3.05) is 5.32 Å². The second kappa shape index (κ2) is 5.87. The Hall–Kier alpha value is -1.54. The molecule has 0 aliphatic carbocycles. The molecule has 1 N–H and O–H groups in total. The number of halogens is 1. The van der Waals surface area contributed by atoms with Gasteiger partial charge in [0.1, 0.15) is 0 Å². The monoisotopic (exact) mass is 260 g/mol. The zero-order valence-corrected chi connectivity index (χ0v) is 11.4. The SMILES string of the molecule is CC(C)c1ccc(CNc2ccncc2Cl)cc1. The second-order valence-corrected chi connectivity index (χ2v) is 5.01. The molecule has 0 saturated carbocycles. The number of benzene rings is 1. The lowest BCUT2D eigenvalue weighted by Gasteiger charge is -2.09. The topological polar surface area (TPSA) is 24.9 Å². The molecule has 0 aliphatic rings. The standard InChI is InChI=1S/C15H17ClN2/c1-11(2)13-5-3-12(4-6-13)9-18-15-7-8-17-10-14(15)16/h3-8,10-11H,9H2,1-2H3,(H,17,18). The van der Waals surface area contributed by atoms with Crippen LogP contribution in [0.3, 0.4) is 0 Å². The molecule has 0 bridgehead atoms. The Morgan fingerprint density at radius 1 is 1.17 bits per heavy atom. The third-order valence-electron chi connectivity index (χ3n) is 2.90. The van der Waals surface area contributed by atoms with Crippen molar-refractivity contribution in [1.82, 2.24) is 4.98 Å². The zero-order chi connectivity index (χ0) is 13.0. The lowest BCUT2D eigenvalue weighted by atomic mass is 10.0. The normalized spacial score (nSPS) is 10.7. The van der Waals surface area contributed by atoms with Gasteiger partial charge in [0, 0.05) is 18.9 Å². The summed E-state index contributed by atoms with van der Waals surface area (Å²) in [6.07, 6.45) is 3.38. The number of nitrogens with one attached hydrogen (secondary N) is 1. The lowest BCUT2D eigenvalue weighted by molar-refractivity contribution is 0.865. The fourth-order valence-electron chi connectivity index (χ4n) is 1.74. The average molecular weight is 261 g/mol. The molecule has 0 saturated heterocycles. The van der Waals surface area contributed by atoms with Crippen molar-refractivity contribution in [3.05, 3.63) is 58.9 Å². The van der Waals surface area contributed by atoms with Crippen LogP contribution in [0.1, 0.15) is 30.9 Å². The molecule has 0 aliphatic heterocycles. The van der Waals surface area contributed by atoms with Crippen LogP contribution in [-0.2, 0) is 6.54 Å². The Morgan fingerprint density at radius 3 is 2.50 bits per heavy atom. The Bertz CT molecular complexity index is 506. The van der Waals surface area contributed by atoms with E-state index in [2.05, 4.69) is 48.4 Å². The van der Waals surface area contributed by atoms with Gasteiger partial charge < -0.3 is 5.32 Å². The van der Waals surface area contributed by atoms with Gasteiger partial charge in [0.25, 0.3) is 0 Å². The Morgan fingerprint density at radius 2 is 1.89 bits per heavy atom. The van der Waals surface area contributed by atoms with Crippen LogP contribution in [0.4, 0.5) is 5.69 Å². The average Bonchev–Trinajstić information content (AvgIpc) is 2.38. The highest BCUT2D eigenvalue weighted by molar-refractivity contribution is 6.33. The summed E-state index contributed by atoms with van der Waals surface area (Å²) in [6, 6.07) is 10.5. The van der Waals surface area contributed by atoms with Gasteiger partial charge in [0.15, 0.2) is 0 Å². The van der Waals surface area contributed by atoms with Crippen molar-refractivity contribution in [2.24, 2.45) is 0 Å². The van der Waals surface area contributed by atoms with Crippen LogP contribution >= 0.6 is 11.6 Å². The number of rotatable bonds is 4. The van der Waals surface area contributed by atoms with Gasteiger partial charge in [-0.3, -0.25) is 4.98 Å². The van der Waals surface area contributed by atoms with E-state index in [1.54, 1.807) is 12.4 Å². The quantitative estimate of drug-likeness (QED) is 0.877. The van der Waals surface area contributed by atoms with Gasteiger partial charge in [-0.2, -0.15) is 0 Å². The minimum Gasteiger partial charge on any atom is -0.380 e. The Kier molecular flexibility index (Phi) is 4.21. The van der Waals surface area contributed by atoms with Crippen LogP contribution in [0.15, 0.2) is 42.7 Å². The first-order valence-corrected chi connectivity index (χ1v) is 6.47. The van der Waals surface area contributed by atoms with Crippen LogP contribution in [0.5, 0.6) is 0 Å². The summed E-state index contributed by atoms with van der Waals surface area (Å²) in [6.45, 7) is 5.16. The van der Waals surface area contributed by atoms with E-state index in [9.17, 15) is 0 Å². The van der Waals surface area contributed by atoms with Crippen molar-refractivity contribution in [3.8, 4) is 0 Å². The van der Waals surface area contributed by atoms with E-state index in [1.165, 1.54) is 11.1 Å². The van der Waals surface area contributed by atoms with Gasteiger partial charge in [-0.05, 0) is 23.1 Å². The van der Waals surface area contributed by atoms with Gasteiger partial charge in [0.05, 0.1) is 10.7 Å². The van der Waals surface area contributed by atoms with Crippen molar-refractivity contribution >= 4 is 17.3 Å². The molecule has 2 nitrogen and oxygen atoms in total. The number of hydrogen-bond donors (Lipinski definition) is 1. The van der Waals surface area contributed by atoms with E-state index in [1.807, 2.05) is 6.07 Å². The predicted octanol–water partition coefficient (Wildman–Crippen LogP) is 4.47. The van der Waals surface area contributed by atoms with E-state index in [0.717, 1.165) is 12.2 Å². The molecular formula is C15H17ClN2. The maximum absolute atomic E-state index is 6.03. The molecule has 0 fully saturated rings. The fourth-order valence-corrected chi connectivity index (χ4v) is 1.92. The second-order valence-electron chi connectivity index (χ2n) is 4.61. The van der Waals surface area contributed by atoms with Crippen molar-refractivity contribution in [1.29, 1.82) is 0 Å². The molecule has 3 heteroatoms. The third-order valence-corrected chi connectivity index (χ3v) is 3.20. The van der Waals surface area contributed by atoms with Gasteiger partial charge in [-0.1, -0.05) is 49.7 Å². The van der Waals surface area contributed by atoms with Crippen LogP contribution in [0, 0.1) is 0 Å². The van der Waals surface area contributed by atoms with Crippen molar-refractivity contribution in [3.63, 3.8) is 0 Å². The van der Waals surface area contributed by atoms with E-state index in [0.29, 0.717) is 10.9 Å². The molecule has 0 atom stereocenters. The van der Waals surface area contributed by atoms with Crippen LogP contribution in [0.25, 0.3) is 0 Å². The summed E-state index contributed by atoms with van der Waals surface area (Å²) in [4.78, 5) is 3.96. The minimum absolute atomic E-state index is 0.571. The summed E-state index contributed by atoms with van der Waals surface area (Å²) < 4.78 is 0. The molecule has 18 heavy (non-hydrogen) atoms. The molecule has 1 heterocycles. The number of aromatic nitrogens is 1. The molecule has 0 spiro atoms. The predicted molar refractivity (Wildman–Crippen MR) is 77.1 cm³/mol. The summed E-state index contributed by atoms with van der Waals surface area (Å²) in [5.41, 5.74) is 3.52. The van der Waals surface area contributed by atoms with E-state index in [-0.39, 0.29) is 0 Å². The highest BCUT2D eigenvalue weighted by Gasteiger charge is 2.01. The number of pyridine rings is 1.